The number of Topliss-reactive ketones (excluding diaryl/α,β-unsaturated/α-hetero) is 1. The number of para-hydroxylation sites is 1. The molecule has 6 N–H and O–H groups in total. The second-order valence-corrected chi connectivity index (χ2v) is 13.7. The molecule has 0 bridgehead atoms. The van der Waals surface area contributed by atoms with Crippen LogP contribution in [0.15, 0.2) is 135 Å². The molecule has 15 nitrogen and oxygen atoms in total. The Morgan fingerprint density at radius 2 is 1.17 bits per heavy atom. The predicted molar refractivity (Wildman–Crippen MR) is 191 cm³/mol. The number of fused-ring (bicyclic) bond motifs is 1. The van der Waals surface area contributed by atoms with Crippen LogP contribution in [0, 0.1) is 0 Å². The van der Waals surface area contributed by atoms with Gasteiger partial charge in [-0.2, -0.15) is 10.2 Å². The number of carbonyl (C=O) groups excluding carboxylic acids is 2. The van der Waals surface area contributed by atoms with Crippen molar-refractivity contribution in [2.45, 2.75) is 4.90 Å². The number of nitrogen functional groups attached to an aromatic ring is 1. The SMILES string of the molecule is Nc1cc(S(=O)(=O)[O-])cc2c1C(=O)/C(=N/Nc1ccc(Nc3ccc(N/N=C4/C=CC(Nc5ccccc5)=CC4=O)cc3)cc1)C(S(=O)(=O)[O-])=C2.[Na+].[Na+]. The minimum Gasteiger partial charge on any atom is -0.744 e. The van der Waals surface area contributed by atoms with Crippen LogP contribution in [0.4, 0.5) is 34.1 Å². The molecule has 19 heteroatoms. The van der Waals surface area contributed by atoms with E-state index >= 15 is 0 Å². The molecule has 0 aliphatic heterocycles. The molecule has 4 aromatic carbocycles. The second kappa shape index (κ2) is 17.2. The maximum Gasteiger partial charge on any atom is 1.00 e. The van der Waals surface area contributed by atoms with Gasteiger partial charge in [-0.25, -0.2) is 16.8 Å². The fourth-order valence-corrected chi connectivity index (χ4v) is 6.15. The molecule has 0 atom stereocenters. The monoisotopic (exact) mass is 769 g/mol. The first-order chi connectivity index (χ1) is 24.2. The van der Waals surface area contributed by atoms with Crippen LogP contribution >= 0.6 is 0 Å². The van der Waals surface area contributed by atoms with Crippen LogP contribution in [0.3, 0.4) is 0 Å². The predicted octanol–water partition coefficient (Wildman–Crippen LogP) is -1.62. The van der Waals surface area contributed by atoms with E-state index in [4.69, 9.17) is 5.73 Å². The number of hydrogen-bond donors (Lipinski definition) is 5. The van der Waals surface area contributed by atoms with E-state index in [2.05, 4.69) is 31.7 Å². The molecule has 2 aliphatic rings. The quantitative estimate of drug-likeness (QED) is 0.0401. The van der Waals surface area contributed by atoms with Gasteiger partial charge >= 0.3 is 59.1 Å². The van der Waals surface area contributed by atoms with Gasteiger partial charge in [-0.3, -0.25) is 20.4 Å². The van der Waals surface area contributed by atoms with Crippen molar-refractivity contribution in [3.8, 4) is 0 Å². The first-order valence-electron chi connectivity index (χ1n) is 14.8. The Bertz CT molecular complexity index is 2450. The number of benzene rings is 4. The average Bonchev–Trinajstić information content (AvgIpc) is 3.08. The van der Waals surface area contributed by atoms with E-state index in [0.717, 1.165) is 29.6 Å². The van der Waals surface area contributed by atoms with Gasteiger partial charge in [0, 0.05) is 34.5 Å². The Hall–Kier alpha value is -4.40. The number of hydrazone groups is 2. The van der Waals surface area contributed by atoms with E-state index in [1.807, 2.05) is 30.3 Å². The second-order valence-electron chi connectivity index (χ2n) is 11.0. The van der Waals surface area contributed by atoms with Crippen molar-refractivity contribution in [1.82, 2.24) is 0 Å². The third-order valence-corrected chi connectivity index (χ3v) is 9.04. The first kappa shape index (κ1) is 41.4. The van der Waals surface area contributed by atoms with E-state index in [9.17, 15) is 35.5 Å². The topological polar surface area (TPSA) is 247 Å². The molecule has 6 rings (SSSR count). The summed E-state index contributed by atoms with van der Waals surface area (Å²) in [5, 5.41) is 14.4. The summed E-state index contributed by atoms with van der Waals surface area (Å²) in [5.74, 6) is -1.32. The first-order valence-corrected chi connectivity index (χ1v) is 17.6. The summed E-state index contributed by atoms with van der Waals surface area (Å²) in [6, 6.07) is 24.6. The van der Waals surface area contributed by atoms with Gasteiger partial charge < -0.3 is 25.5 Å². The van der Waals surface area contributed by atoms with Crippen LogP contribution in [0.1, 0.15) is 15.9 Å². The van der Waals surface area contributed by atoms with Gasteiger partial charge in [0.15, 0.2) is 0 Å². The van der Waals surface area contributed by atoms with Crippen molar-refractivity contribution in [3.63, 3.8) is 0 Å². The number of hydrogen-bond acceptors (Lipinski definition) is 15. The molecule has 0 saturated carbocycles. The minimum atomic E-state index is -5.28. The van der Waals surface area contributed by atoms with Crippen LogP contribution < -0.4 is 86.3 Å². The van der Waals surface area contributed by atoms with Crippen LogP contribution in [0.2, 0.25) is 0 Å². The average molecular weight is 770 g/mol. The van der Waals surface area contributed by atoms with E-state index in [1.165, 1.54) is 6.08 Å². The van der Waals surface area contributed by atoms with Crippen LogP contribution in [0.25, 0.3) is 6.08 Å². The van der Waals surface area contributed by atoms with E-state index in [1.54, 1.807) is 60.7 Å². The zero-order valence-electron chi connectivity index (χ0n) is 28.0. The zero-order chi connectivity index (χ0) is 36.3. The molecule has 0 amide bonds. The summed E-state index contributed by atoms with van der Waals surface area (Å²) in [6.07, 6.45) is 5.59. The molecule has 0 heterocycles. The fraction of sp³-hybridized carbons (Fsp3) is 0. The maximum atomic E-state index is 13.2. The number of anilines is 6. The molecule has 0 aromatic heterocycles. The molecule has 4 aromatic rings. The minimum absolute atomic E-state index is 0. The molecule has 0 saturated heterocycles. The summed E-state index contributed by atoms with van der Waals surface area (Å²) in [7, 11) is -10.3. The molecule has 0 unspecified atom stereocenters. The Labute approximate surface area is 348 Å². The Morgan fingerprint density at radius 1 is 0.623 bits per heavy atom. The maximum absolute atomic E-state index is 13.2. The normalized spacial score (nSPS) is 15.4. The van der Waals surface area contributed by atoms with Crippen LogP contribution in [-0.4, -0.2) is 48.9 Å². The number of allylic oxidation sites excluding steroid dienone is 4. The van der Waals surface area contributed by atoms with Crippen molar-refractivity contribution >= 4 is 83.4 Å². The summed E-state index contributed by atoms with van der Waals surface area (Å²) in [4.78, 5) is 23.9. The van der Waals surface area contributed by atoms with Crippen molar-refractivity contribution in [3.05, 3.63) is 131 Å². The smallest absolute Gasteiger partial charge is 0.744 e. The van der Waals surface area contributed by atoms with Gasteiger partial charge in [0.25, 0.3) is 0 Å². The van der Waals surface area contributed by atoms with Crippen molar-refractivity contribution in [2.75, 3.05) is 27.2 Å². The number of nitrogens with one attached hydrogen (secondary N) is 4. The van der Waals surface area contributed by atoms with Crippen LogP contribution in [-0.2, 0) is 25.0 Å². The van der Waals surface area contributed by atoms with Crippen LogP contribution in [0.5, 0.6) is 0 Å². The van der Waals surface area contributed by atoms with E-state index in [0.29, 0.717) is 22.8 Å². The number of nitrogens with zero attached hydrogens (tertiary/aromatic N) is 2. The molecule has 0 fully saturated rings. The molecule has 258 valence electrons. The molecule has 2 aliphatic carbocycles. The third kappa shape index (κ3) is 10.2. The number of nitrogens with two attached hydrogens (primary N) is 1. The third-order valence-electron chi connectivity index (χ3n) is 7.38. The van der Waals surface area contributed by atoms with Gasteiger partial charge in [0.2, 0.25) is 11.6 Å². The van der Waals surface area contributed by atoms with Gasteiger partial charge in [-0.15, -0.1) is 0 Å². The van der Waals surface area contributed by atoms with Gasteiger partial charge in [0.05, 0.1) is 26.7 Å². The number of rotatable bonds is 10. The Kier molecular flexibility index (Phi) is 13.4. The molecular formula is C34H25N7Na2O8S2. The Morgan fingerprint density at radius 3 is 1.72 bits per heavy atom. The fourth-order valence-electron chi connectivity index (χ4n) is 4.96. The van der Waals surface area contributed by atoms with Crippen molar-refractivity contribution < 1.29 is 94.6 Å². The van der Waals surface area contributed by atoms with E-state index in [-0.39, 0.29) is 81.7 Å². The Balaban J connectivity index is 0.00000314. The summed E-state index contributed by atoms with van der Waals surface area (Å²) in [5.41, 5.74) is 13.5. The molecule has 0 radical (unpaired) electrons. The van der Waals surface area contributed by atoms with Gasteiger partial charge in [-0.05, 0) is 96.6 Å². The van der Waals surface area contributed by atoms with E-state index < -0.39 is 47.2 Å². The molecule has 53 heavy (non-hydrogen) atoms. The number of ketones is 2. The summed E-state index contributed by atoms with van der Waals surface area (Å²) < 4.78 is 70.5. The molecule has 0 spiro atoms. The van der Waals surface area contributed by atoms with Crippen molar-refractivity contribution in [1.29, 1.82) is 0 Å². The van der Waals surface area contributed by atoms with Gasteiger partial charge in [0.1, 0.15) is 31.7 Å². The van der Waals surface area contributed by atoms with Gasteiger partial charge in [-0.1, -0.05) is 18.2 Å². The summed E-state index contributed by atoms with van der Waals surface area (Å²) >= 11 is 0. The standard InChI is InChI=1S/C34H27N7O8S2.2Na/c35-28-19-27(50(44,45)46)16-20-17-31(51(47,48)49)33(34(43)32(20)28)41-39-25-12-8-23(9-13-25)36-22-6-10-24(11-7-22)38-40-29-15-14-26(18-30(29)42)37-21-4-2-1-3-5-21;;/h1-19,36-39H,35H2,(H,44,45,46)(H,47,48,49);;/q;2*+1/p-2/b40-29-,41-33+;;. The summed E-state index contributed by atoms with van der Waals surface area (Å²) in [6.45, 7) is 0. The zero-order valence-corrected chi connectivity index (χ0v) is 33.7. The van der Waals surface area contributed by atoms with Crippen molar-refractivity contribution in [2.24, 2.45) is 10.2 Å². The number of carbonyl (C=O) groups is 2. The molecular weight excluding hydrogens is 745 g/mol. The largest absolute Gasteiger partial charge is 1.00 e.